The fourth-order valence-corrected chi connectivity index (χ4v) is 4.16. The molecule has 6 nitrogen and oxygen atoms in total. The van der Waals surface area contributed by atoms with Gasteiger partial charge in [0.1, 0.15) is 18.0 Å². The summed E-state index contributed by atoms with van der Waals surface area (Å²) in [5.41, 5.74) is 2.84. The molecule has 2 aliphatic rings. The van der Waals surface area contributed by atoms with E-state index in [2.05, 4.69) is 30.9 Å². The highest BCUT2D eigenvalue weighted by Crippen LogP contribution is 2.36. The molecule has 1 saturated heterocycles. The first-order valence-corrected chi connectivity index (χ1v) is 11.8. The number of benzene rings is 1. The van der Waals surface area contributed by atoms with Gasteiger partial charge in [-0.05, 0) is 57.2 Å². The molecule has 6 rings (SSSR count). The first kappa shape index (κ1) is 22.8. The first-order chi connectivity index (χ1) is 16.5. The topological polar surface area (TPSA) is 65.7 Å². The van der Waals surface area contributed by atoms with Gasteiger partial charge in [-0.15, -0.1) is 0 Å². The summed E-state index contributed by atoms with van der Waals surface area (Å²) >= 11 is 6.04. The van der Waals surface area contributed by atoms with Crippen molar-refractivity contribution in [3.05, 3.63) is 70.9 Å². The van der Waals surface area contributed by atoms with Crippen LogP contribution in [0, 0.1) is 18.6 Å². The monoisotopic (exact) mass is 483 g/mol. The molecule has 3 aromatic heterocycles. The lowest BCUT2D eigenvalue weighted by molar-refractivity contribution is 0.0149. The van der Waals surface area contributed by atoms with Crippen LogP contribution in [0.1, 0.15) is 55.5 Å². The number of halogens is 3. The van der Waals surface area contributed by atoms with Crippen LogP contribution in [0.15, 0.2) is 43.0 Å². The summed E-state index contributed by atoms with van der Waals surface area (Å²) < 4.78 is 34.7. The molecule has 0 amide bonds. The van der Waals surface area contributed by atoms with Gasteiger partial charge in [-0.2, -0.15) is 5.10 Å². The van der Waals surface area contributed by atoms with Crippen molar-refractivity contribution in [2.75, 3.05) is 6.61 Å². The maximum absolute atomic E-state index is 13.9. The Bertz CT molecular complexity index is 1320. The summed E-state index contributed by atoms with van der Waals surface area (Å²) in [5.74, 6) is -1.33. The molecule has 0 bridgehead atoms. The molecule has 1 atom stereocenters. The third kappa shape index (κ3) is 4.93. The van der Waals surface area contributed by atoms with E-state index in [-0.39, 0.29) is 5.56 Å². The van der Waals surface area contributed by atoms with E-state index in [1.165, 1.54) is 49.7 Å². The minimum atomic E-state index is -0.693. The number of aromatic nitrogens is 5. The molecule has 0 radical (unpaired) electrons. The molecule has 1 aromatic carbocycles. The number of hydrogen-bond donors (Lipinski definition) is 0. The van der Waals surface area contributed by atoms with Gasteiger partial charge >= 0.3 is 0 Å². The van der Waals surface area contributed by atoms with Crippen molar-refractivity contribution in [3.8, 4) is 11.3 Å². The molecule has 0 spiro atoms. The molecular weight excluding hydrogens is 460 g/mol. The standard InChI is InChI=1S/C14H8ClF2N3.C11H16N2O/c1-7-11(15)5-10-13(18-6-19-14(10)20-7)9-3-2-8(16)4-12(9)17;1-2-6-14-11(3-1)9-7-12-13(8-9)10-4-5-10/h2-6H,1H3;7-8,10-11H,1-6H2. The Labute approximate surface area is 201 Å². The predicted octanol–water partition coefficient (Wildman–Crippen LogP) is 6.39. The molecule has 9 heteroatoms. The summed E-state index contributed by atoms with van der Waals surface area (Å²) in [6, 6.07) is 5.65. The van der Waals surface area contributed by atoms with Gasteiger partial charge in [0, 0.05) is 35.4 Å². The van der Waals surface area contributed by atoms with Crippen molar-refractivity contribution in [1.29, 1.82) is 0 Å². The Morgan fingerprint density at radius 2 is 1.94 bits per heavy atom. The van der Waals surface area contributed by atoms with Gasteiger partial charge in [0.25, 0.3) is 0 Å². The van der Waals surface area contributed by atoms with Crippen LogP contribution in [0.5, 0.6) is 0 Å². The van der Waals surface area contributed by atoms with Crippen LogP contribution in [-0.4, -0.2) is 31.3 Å². The number of aryl methyl sites for hydroxylation is 1. The van der Waals surface area contributed by atoms with Crippen LogP contribution in [0.25, 0.3) is 22.3 Å². The van der Waals surface area contributed by atoms with E-state index >= 15 is 0 Å². The lowest BCUT2D eigenvalue weighted by Gasteiger charge is -2.21. The van der Waals surface area contributed by atoms with E-state index in [0.717, 1.165) is 19.1 Å². The zero-order valence-electron chi connectivity index (χ0n) is 18.7. The molecule has 0 N–H and O–H groups in total. The molecule has 1 unspecified atom stereocenters. The van der Waals surface area contributed by atoms with E-state index in [4.69, 9.17) is 16.3 Å². The highest BCUT2D eigenvalue weighted by atomic mass is 35.5. The lowest BCUT2D eigenvalue weighted by atomic mass is 10.0. The Balaban J connectivity index is 0.000000150. The molecule has 4 heterocycles. The van der Waals surface area contributed by atoms with Crippen LogP contribution in [0.4, 0.5) is 8.78 Å². The third-order valence-corrected chi connectivity index (χ3v) is 6.42. The zero-order chi connectivity index (χ0) is 23.7. The summed E-state index contributed by atoms with van der Waals surface area (Å²) in [4.78, 5) is 12.3. The molecular formula is C25H24ClF2N5O. The highest BCUT2D eigenvalue weighted by Gasteiger charge is 2.26. The molecule has 1 saturated carbocycles. The SMILES string of the molecule is Cc1nc2ncnc(-c3ccc(F)cc3F)c2cc1Cl.c1nn(C2CC2)cc1C1CCCCO1. The van der Waals surface area contributed by atoms with E-state index in [1.54, 1.807) is 13.0 Å². The zero-order valence-corrected chi connectivity index (χ0v) is 19.5. The number of rotatable bonds is 3. The van der Waals surface area contributed by atoms with Crippen LogP contribution in [0.2, 0.25) is 5.02 Å². The van der Waals surface area contributed by atoms with E-state index in [0.29, 0.717) is 39.6 Å². The van der Waals surface area contributed by atoms with Gasteiger partial charge in [0.15, 0.2) is 5.65 Å². The van der Waals surface area contributed by atoms with Gasteiger partial charge in [-0.3, -0.25) is 4.68 Å². The number of ether oxygens (including phenoxy) is 1. The predicted molar refractivity (Wildman–Crippen MR) is 125 cm³/mol. The molecule has 34 heavy (non-hydrogen) atoms. The van der Waals surface area contributed by atoms with Gasteiger partial charge in [-0.25, -0.2) is 23.7 Å². The second kappa shape index (κ2) is 9.72. The number of pyridine rings is 1. The molecule has 4 aromatic rings. The Morgan fingerprint density at radius 1 is 1.09 bits per heavy atom. The average Bonchev–Trinajstić information content (AvgIpc) is 3.57. The Kier molecular flexibility index (Phi) is 6.52. The minimum Gasteiger partial charge on any atom is -0.373 e. The third-order valence-electron chi connectivity index (χ3n) is 6.03. The molecule has 176 valence electrons. The second-order valence-corrected chi connectivity index (χ2v) is 9.02. The lowest BCUT2D eigenvalue weighted by Crippen LogP contribution is -2.10. The minimum absolute atomic E-state index is 0.181. The molecule has 2 fully saturated rings. The maximum Gasteiger partial charge on any atom is 0.163 e. The van der Waals surface area contributed by atoms with E-state index in [9.17, 15) is 8.78 Å². The summed E-state index contributed by atoms with van der Waals surface area (Å²) in [6.07, 6.45) is 12.0. The smallest absolute Gasteiger partial charge is 0.163 e. The van der Waals surface area contributed by atoms with Crippen LogP contribution < -0.4 is 0 Å². The number of nitrogens with zero attached hydrogens (tertiary/aromatic N) is 5. The Hall–Kier alpha value is -2.97. The van der Waals surface area contributed by atoms with Crippen molar-refractivity contribution in [2.24, 2.45) is 0 Å². The van der Waals surface area contributed by atoms with Crippen molar-refractivity contribution < 1.29 is 13.5 Å². The maximum atomic E-state index is 13.9. The van der Waals surface area contributed by atoms with Crippen molar-refractivity contribution in [1.82, 2.24) is 24.7 Å². The highest BCUT2D eigenvalue weighted by molar-refractivity contribution is 6.31. The Morgan fingerprint density at radius 3 is 2.68 bits per heavy atom. The van der Waals surface area contributed by atoms with E-state index < -0.39 is 11.6 Å². The van der Waals surface area contributed by atoms with Gasteiger partial charge in [0.2, 0.25) is 0 Å². The van der Waals surface area contributed by atoms with Gasteiger partial charge < -0.3 is 4.74 Å². The van der Waals surface area contributed by atoms with Crippen molar-refractivity contribution in [2.45, 2.75) is 51.2 Å². The second-order valence-electron chi connectivity index (χ2n) is 8.61. The largest absolute Gasteiger partial charge is 0.373 e. The van der Waals surface area contributed by atoms with Crippen LogP contribution in [-0.2, 0) is 4.74 Å². The molecule has 1 aliphatic heterocycles. The fraction of sp³-hybridized carbons (Fsp3) is 0.360. The summed E-state index contributed by atoms with van der Waals surface area (Å²) in [6.45, 7) is 2.67. The van der Waals surface area contributed by atoms with Crippen molar-refractivity contribution in [3.63, 3.8) is 0 Å². The number of fused-ring (bicyclic) bond motifs is 1. The van der Waals surface area contributed by atoms with Crippen LogP contribution >= 0.6 is 11.6 Å². The summed E-state index contributed by atoms with van der Waals surface area (Å²) in [5, 5.41) is 5.35. The van der Waals surface area contributed by atoms with Gasteiger partial charge in [0.05, 0.1) is 34.8 Å². The van der Waals surface area contributed by atoms with Crippen molar-refractivity contribution >= 4 is 22.6 Å². The van der Waals surface area contributed by atoms with E-state index in [1.807, 2.05) is 6.20 Å². The number of hydrogen-bond acceptors (Lipinski definition) is 5. The fourth-order valence-electron chi connectivity index (χ4n) is 4.01. The average molecular weight is 484 g/mol. The first-order valence-electron chi connectivity index (χ1n) is 11.4. The quantitative estimate of drug-likeness (QED) is 0.337. The normalized spacial score (nSPS) is 17.9. The molecule has 1 aliphatic carbocycles. The van der Waals surface area contributed by atoms with Gasteiger partial charge in [-0.1, -0.05) is 11.6 Å². The van der Waals surface area contributed by atoms with Crippen LogP contribution in [0.3, 0.4) is 0 Å². The summed E-state index contributed by atoms with van der Waals surface area (Å²) in [7, 11) is 0.